The molecule has 0 aliphatic heterocycles. The van der Waals surface area contributed by atoms with Crippen molar-refractivity contribution in [1.29, 1.82) is 0 Å². The van der Waals surface area contributed by atoms with Crippen LogP contribution in [0, 0.1) is 0 Å². The van der Waals surface area contributed by atoms with E-state index in [1.807, 2.05) is 0 Å². The summed E-state index contributed by atoms with van der Waals surface area (Å²) in [6.45, 7) is 0. The first-order valence-corrected chi connectivity index (χ1v) is 2.75. The van der Waals surface area contributed by atoms with Crippen molar-refractivity contribution < 1.29 is 97.3 Å². The summed E-state index contributed by atoms with van der Waals surface area (Å²) < 4.78 is 31.6. The molecule has 0 atom stereocenters. The van der Waals surface area contributed by atoms with Crippen LogP contribution >= 0.6 is 0 Å². The molecule has 106 valence electrons. The minimum absolute atomic E-state index is 0. The maximum Gasteiger partial charge on any atom is 2.00 e. The Morgan fingerprint density at radius 3 is 1.06 bits per heavy atom. The monoisotopic (exact) mass is 418 g/mol. The fraction of sp³-hybridized carbons (Fsp3) is 0. The molecule has 0 saturated heterocycles. The molecule has 0 rings (SSSR count). The molecule has 9 nitrogen and oxygen atoms in total. The van der Waals surface area contributed by atoms with E-state index in [0.29, 0.717) is 0 Å². The van der Waals surface area contributed by atoms with E-state index in [4.69, 9.17) is 32.5 Å². The van der Waals surface area contributed by atoms with Gasteiger partial charge in [0, 0.05) is 50.9 Å². The fourth-order valence-electron chi connectivity index (χ4n) is 0. The van der Waals surface area contributed by atoms with Crippen LogP contribution in [0.25, 0.3) is 0 Å². The van der Waals surface area contributed by atoms with Crippen LogP contribution in [0.3, 0.4) is 0 Å². The number of carbonyl (C=O) groups is 1. The molecule has 0 fully saturated rings. The molecule has 0 aromatic carbocycles. The van der Waals surface area contributed by atoms with Crippen molar-refractivity contribution in [1.82, 2.24) is 0 Å². The Morgan fingerprint density at radius 2 is 1.06 bits per heavy atom. The van der Waals surface area contributed by atoms with E-state index in [-0.39, 0.29) is 105 Å². The van der Waals surface area contributed by atoms with Gasteiger partial charge in [0.1, 0.15) is 0 Å². The van der Waals surface area contributed by atoms with Crippen molar-refractivity contribution in [2.24, 2.45) is 0 Å². The van der Waals surface area contributed by atoms with E-state index >= 15 is 0 Å². The molecule has 8 N–H and O–H groups in total. The fourth-order valence-corrected chi connectivity index (χ4v) is 0. The molecule has 0 aromatic heterocycles. The molecular formula is CH13AlCrFeMgNiO9S. The first-order valence-electron chi connectivity index (χ1n) is 1.35. The summed E-state index contributed by atoms with van der Waals surface area (Å²) in [6, 6.07) is 0. The molecule has 0 aliphatic carbocycles. The Labute approximate surface area is 153 Å². The Hall–Kier alpha value is 1.90. The zero-order valence-corrected chi connectivity index (χ0v) is 12.3. The Kier molecular flexibility index (Phi) is 145. The van der Waals surface area contributed by atoms with E-state index in [1.54, 1.807) is 0 Å². The van der Waals surface area contributed by atoms with Crippen molar-refractivity contribution >= 4 is 57.0 Å². The molecule has 0 unspecified atom stereocenters. The first-order chi connectivity index (χ1) is 3.73. The third-order valence-electron chi connectivity index (χ3n) is 0. The van der Waals surface area contributed by atoms with Gasteiger partial charge in [0.2, 0.25) is 0 Å². The van der Waals surface area contributed by atoms with Crippen LogP contribution in [0.4, 0.5) is 4.79 Å². The van der Waals surface area contributed by atoms with Crippen molar-refractivity contribution in [3.8, 4) is 0 Å². The van der Waals surface area contributed by atoms with Crippen molar-refractivity contribution in [2.45, 2.75) is 0 Å². The summed E-state index contributed by atoms with van der Waals surface area (Å²) in [7, 11) is -4.67. The third kappa shape index (κ3) is 974. The number of hydrogen-bond acceptors (Lipinski definition) is 3. The second-order valence-electron chi connectivity index (χ2n) is 0.730. The normalized spacial score (nSPS) is 5.12. The molecule has 15 heteroatoms. The molecule has 0 saturated carbocycles. The van der Waals surface area contributed by atoms with Gasteiger partial charge in [0.15, 0.2) is 17.4 Å². The summed E-state index contributed by atoms with van der Waals surface area (Å²) >= 11 is 0. The van der Waals surface area contributed by atoms with Crippen LogP contribution < -0.4 is 0 Å². The number of hydrogen-bond donors (Lipinski definition) is 4. The largest absolute Gasteiger partial charge is 2.00 e. The summed E-state index contributed by atoms with van der Waals surface area (Å²) in [5, 5.41) is 13.9. The molecule has 0 aliphatic rings. The van der Waals surface area contributed by atoms with Gasteiger partial charge in [-0.2, -0.15) is 8.42 Å². The van der Waals surface area contributed by atoms with Gasteiger partial charge in [0.25, 0.3) is 0 Å². The van der Waals surface area contributed by atoms with Crippen LogP contribution in [0.1, 0.15) is 2.85 Å². The Balaban J connectivity index is -0.00000000406. The summed E-state index contributed by atoms with van der Waals surface area (Å²) in [6.07, 6.45) is -1.83. The van der Waals surface area contributed by atoms with Gasteiger partial charge in [0.05, 0.1) is 0 Å². The second kappa shape index (κ2) is 36.0. The quantitative estimate of drug-likeness (QED) is 0.232. The molecule has 16 heavy (non-hydrogen) atoms. The van der Waals surface area contributed by atoms with Gasteiger partial charge >= 0.3 is 39.6 Å². The van der Waals surface area contributed by atoms with Crippen LogP contribution in [-0.4, -0.2) is 85.3 Å². The average Bonchev–Trinajstić information content (AvgIpc) is 1.19. The minimum atomic E-state index is -4.67. The van der Waals surface area contributed by atoms with E-state index in [2.05, 4.69) is 0 Å². The molecular weight excluding hydrogens is 406 g/mol. The number of rotatable bonds is 0. The van der Waals surface area contributed by atoms with Gasteiger partial charge in [-0.3, -0.25) is 9.11 Å². The Morgan fingerprint density at radius 1 is 1.06 bits per heavy atom. The standard InChI is InChI=1S/CH2O3.Al.Cr.Fe.Mg.Ni.H2O4S.2H2O.5H/c2-1(3)4;;;;;;1-5(2,3)4;;;;;;;/h(H2,2,3,4);;;;;;(H2,1,2,3,4);2*1H2;;;;;/q;;;;+2;;;;;;;;2*-1. The van der Waals surface area contributed by atoms with Crippen LogP contribution in [0.5, 0.6) is 0 Å². The average molecular weight is 419 g/mol. The Bertz CT molecular complexity index is 187. The molecule has 0 spiro atoms. The van der Waals surface area contributed by atoms with Crippen LogP contribution in [-0.2, 0) is 61.3 Å². The predicted molar refractivity (Wildman–Crippen MR) is 50.0 cm³/mol. The predicted octanol–water partition coefficient (Wildman–Crippen LogP) is -3.43. The summed E-state index contributed by atoms with van der Waals surface area (Å²) in [4.78, 5) is 8.56. The molecule has 0 bridgehead atoms. The van der Waals surface area contributed by atoms with E-state index < -0.39 is 16.6 Å². The topological polar surface area (TPSA) is 195 Å². The van der Waals surface area contributed by atoms with E-state index in [9.17, 15) is 0 Å². The van der Waals surface area contributed by atoms with E-state index in [1.165, 1.54) is 0 Å². The first kappa shape index (κ1) is 64.5. The molecule has 0 amide bonds. The van der Waals surface area contributed by atoms with Crippen LogP contribution in [0.2, 0.25) is 0 Å². The molecule has 0 aromatic rings. The summed E-state index contributed by atoms with van der Waals surface area (Å²) in [5.41, 5.74) is 0. The van der Waals surface area contributed by atoms with Crippen molar-refractivity contribution in [2.75, 3.05) is 0 Å². The van der Waals surface area contributed by atoms with Gasteiger partial charge in [-0.05, 0) is 0 Å². The van der Waals surface area contributed by atoms with Crippen molar-refractivity contribution in [3.63, 3.8) is 0 Å². The smallest absolute Gasteiger partial charge is 1.00 e. The number of carboxylic acid groups (broad SMARTS) is 2. The van der Waals surface area contributed by atoms with Gasteiger partial charge in [-0.25, -0.2) is 4.79 Å². The van der Waals surface area contributed by atoms with Gasteiger partial charge in [-0.1, -0.05) is 0 Å². The molecule has 0 radical (unpaired) electrons. The second-order valence-corrected chi connectivity index (χ2v) is 1.63. The van der Waals surface area contributed by atoms with Crippen LogP contribution in [0.15, 0.2) is 0 Å². The van der Waals surface area contributed by atoms with E-state index in [0.717, 1.165) is 0 Å². The maximum absolute atomic E-state index is 8.74. The summed E-state index contributed by atoms with van der Waals surface area (Å²) in [5.74, 6) is 0. The van der Waals surface area contributed by atoms with Gasteiger partial charge < -0.3 is 24.0 Å². The van der Waals surface area contributed by atoms with Crippen molar-refractivity contribution in [3.05, 3.63) is 0 Å². The SMILES string of the molecule is O.O.O=C(O)O.O=S(=O)(O)O.[AlH3].[Cr].[Fe].[H-].[H-].[Mg+2].[Ni]. The van der Waals surface area contributed by atoms with Gasteiger partial charge in [-0.15, -0.1) is 0 Å². The maximum atomic E-state index is 8.74. The minimum Gasteiger partial charge on any atom is -1.00 e. The zero-order chi connectivity index (χ0) is 8.08. The molecule has 0 heterocycles. The zero-order valence-electron chi connectivity index (χ0n) is 8.71. The third-order valence-corrected chi connectivity index (χ3v) is 0.